The van der Waals surface area contributed by atoms with Crippen molar-refractivity contribution in [3.05, 3.63) is 96.1 Å². The maximum atomic E-state index is 13.1. The Morgan fingerprint density at radius 1 is 0.778 bits per heavy atom. The maximum absolute atomic E-state index is 13.1. The maximum Gasteiger partial charge on any atom is 0.240 e. The van der Waals surface area contributed by atoms with Crippen molar-refractivity contribution >= 4 is 23.3 Å². The Morgan fingerprint density at radius 2 is 1.30 bits per heavy atom. The van der Waals surface area contributed by atoms with Crippen LogP contribution in [0.1, 0.15) is 16.8 Å². The molecule has 1 atom stereocenters. The van der Waals surface area contributed by atoms with Crippen molar-refractivity contribution < 1.29 is 8.42 Å². The molecule has 0 spiro atoms. The predicted molar refractivity (Wildman–Crippen MR) is 114 cm³/mol. The van der Waals surface area contributed by atoms with Gasteiger partial charge in [-0.05, 0) is 24.6 Å². The van der Waals surface area contributed by atoms with Gasteiger partial charge in [0, 0.05) is 5.67 Å². The van der Waals surface area contributed by atoms with E-state index in [4.69, 9.17) is 0 Å². The van der Waals surface area contributed by atoms with Crippen LogP contribution in [0.3, 0.4) is 0 Å². The zero-order valence-electron chi connectivity index (χ0n) is 15.9. The molecule has 5 heteroatoms. The van der Waals surface area contributed by atoms with Crippen LogP contribution in [0.25, 0.3) is 0 Å². The summed E-state index contributed by atoms with van der Waals surface area (Å²) in [5.74, 6) is 0. The van der Waals surface area contributed by atoms with Gasteiger partial charge in [-0.1, -0.05) is 96.6 Å². The molecule has 3 rings (SSSR count). The Morgan fingerprint density at radius 3 is 1.85 bits per heavy atom. The molecule has 3 nitrogen and oxygen atoms in total. The van der Waals surface area contributed by atoms with Crippen molar-refractivity contribution in [3.63, 3.8) is 0 Å². The molecular weight excluding hydrogens is 370 g/mol. The first-order valence-corrected chi connectivity index (χ1v) is 13.6. The molecule has 27 heavy (non-hydrogen) atoms. The molecule has 0 heterocycles. The van der Waals surface area contributed by atoms with E-state index in [2.05, 4.69) is 29.9 Å². The summed E-state index contributed by atoms with van der Waals surface area (Å²) < 4.78 is 29.3. The van der Waals surface area contributed by atoms with Crippen LogP contribution in [-0.2, 0) is 10.0 Å². The van der Waals surface area contributed by atoms with Crippen LogP contribution in [-0.4, -0.2) is 16.5 Å². The normalized spacial score (nSPS) is 13.3. The van der Waals surface area contributed by atoms with Crippen LogP contribution in [0, 0.1) is 6.92 Å². The van der Waals surface area contributed by atoms with Crippen LogP contribution in [0.2, 0.25) is 13.1 Å². The second kappa shape index (κ2) is 7.80. The van der Waals surface area contributed by atoms with Crippen LogP contribution in [0.5, 0.6) is 0 Å². The fourth-order valence-corrected chi connectivity index (χ4v) is 8.38. The number of sulfonamides is 1. The molecule has 0 bridgehead atoms. The van der Waals surface area contributed by atoms with Gasteiger partial charge in [-0.15, -0.1) is 0 Å². The number of rotatable bonds is 6. The molecule has 0 saturated carbocycles. The fraction of sp³-hybridized carbons (Fsp3) is 0.182. The molecule has 3 aromatic rings. The minimum atomic E-state index is -3.63. The van der Waals surface area contributed by atoms with Gasteiger partial charge >= 0.3 is 0 Å². The molecule has 0 aliphatic carbocycles. The predicted octanol–water partition coefficient (Wildman–Crippen LogP) is 4.17. The number of hydrogen-bond donors (Lipinski definition) is 1. The lowest BCUT2D eigenvalue weighted by atomic mass is 10.2. The SMILES string of the molecule is Cc1ccc(S(=O)(=O)NC(c2ccccc2)[Si](C)(C)c2ccccc2)cc1. The second-order valence-corrected chi connectivity index (χ2v) is 13.7. The Bertz CT molecular complexity index is 986. The van der Waals surface area contributed by atoms with Crippen molar-refractivity contribution in [1.29, 1.82) is 0 Å². The van der Waals surface area contributed by atoms with Gasteiger partial charge in [-0.25, -0.2) is 13.1 Å². The molecule has 0 fully saturated rings. The standard InChI is InChI=1S/C22H25NO2SSi/c1-18-14-16-20(17-15-18)26(24,25)23-22(19-10-6-4-7-11-19)27(2,3)21-12-8-5-9-13-21/h4-17,22-23H,1-3H3. The molecule has 3 aromatic carbocycles. The average molecular weight is 396 g/mol. The van der Waals surface area contributed by atoms with Gasteiger partial charge in [0.1, 0.15) is 8.07 Å². The van der Waals surface area contributed by atoms with Gasteiger partial charge in [-0.2, -0.15) is 0 Å². The van der Waals surface area contributed by atoms with Crippen molar-refractivity contribution in [2.75, 3.05) is 0 Å². The third-order valence-corrected chi connectivity index (χ3v) is 10.4. The Labute approximate surface area is 163 Å². The van der Waals surface area contributed by atoms with E-state index in [9.17, 15) is 8.42 Å². The van der Waals surface area contributed by atoms with Crippen molar-refractivity contribution in [2.24, 2.45) is 0 Å². The fourth-order valence-electron chi connectivity index (χ4n) is 3.25. The highest BCUT2D eigenvalue weighted by molar-refractivity contribution is 7.89. The van der Waals surface area contributed by atoms with Crippen LogP contribution in [0.15, 0.2) is 89.8 Å². The summed E-state index contributed by atoms with van der Waals surface area (Å²) in [4.78, 5) is 0.298. The van der Waals surface area contributed by atoms with E-state index in [0.717, 1.165) is 11.1 Å². The minimum absolute atomic E-state index is 0.271. The zero-order chi connectivity index (χ0) is 19.5. The van der Waals surface area contributed by atoms with Crippen molar-refractivity contribution in [2.45, 2.75) is 30.6 Å². The number of benzene rings is 3. The first-order valence-electron chi connectivity index (χ1n) is 9.00. The molecular formula is C22H25NO2SSi. The summed E-state index contributed by atoms with van der Waals surface area (Å²) >= 11 is 0. The number of aryl methyl sites for hydroxylation is 1. The largest absolute Gasteiger partial charge is 0.240 e. The van der Waals surface area contributed by atoms with Crippen LogP contribution < -0.4 is 9.91 Å². The van der Waals surface area contributed by atoms with E-state index in [-0.39, 0.29) is 5.67 Å². The third-order valence-electron chi connectivity index (χ3n) is 4.98. The van der Waals surface area contributed by atoms with E-state index in [1.54, 1.807) is 12.1 Å². The van der Waals surface area contributed by atoms with Gasteiger partial charge in [-0.3, -0.25) is 0 Å². The quantitative estimate of drug-likeness (QED) is 0.637. The smallest absolute Gasteiger partial charge is 0.207 e. The minimum Gasteiger partial charge on any atom is -0.207 e. The van der Waals surface area contributed by atoms with E-state index < -0.39 is 18.1 Å². The summed E-state index contributed by atoms with van der Waals surface area (Å²) in [7, 11) is -5.82. The lowest BCUT2D eigenvalue weighted by Gasteiger charge is -2.34. The molecule has 0 aliphatic heterocycles. The first kappa shape index (κ1) is 19.5. The van der Waals surface area contributed by atoms with Gasteiger partial charge in [0.05, 0.1) is 4.90 Å². The second-order valence-electron chi connectivity index (χ2n) is 7.37. The summed E-state index contributed by atoms with van der Waals surface area (Å²) in [6, 6.07) is 27.1. The van der Waals surface area contributed by atoms with Crippen LogP contribution in [0.4, 0.5) is 0 Å². The highest BCUT2D eigenvalue weighted by Gasteiger charge is 2.37. The number of hydrogen-bond acceptors (Lipinski definition) is 2. The number of nitrogens with one attached hydrogen (secondary N) is 1. The lowest BCUT2D eigenvalue weighted by Crippen LogP contribution is -2.54. The van der Waals surface area contributed by atoms with E-state index in [0.29, 0.717) is 4.90 Å². The monoisotopic (exact) mass is 395 g/mol. The Balaban J connectivity index is 2.05. The van der Waals surface area contributed by atoms with E-state index in [1.807, 2.05) is 67.6 Å². The average Bonchev–Trinajstić information content (AvgIpc) is 2.68. The molecule has 0 aromatic heterocycles. The van der Waals surface area contributed by atoms with Gasteiger partial charge in [0.15, 0.2) is 0 Å². The van der Waals surface area contributed by atoms with Crippen LogP contribution >= 0.6 is 0 Å². The van der Waals surface area contributed by atoms with Crippen molar-refractivity contribution in [3.8, 4) is 0 Å². The first-order chi connectivity index (χ1) is 12.8. The van der Waals surface area contributed by atoms with Gasteiger partial charge < -0.3 is 0 Å². The molecule has 1 unspecified atom stereocenters. The Hall–Kier alpha value is -2.21. The molecule has 0 saturated heterocycles. The summed E-state index contributed by atoms with van der Waals surface area (Å²) in [5.41, 5.74) is 1.76. The zero-order valence-corrected chi connectivity index (χ0v) is 17.7. The lowest BCUT2D eigenvalue weighted by molar-refractivity contribution is 0.577. The topological polar surface area (TPSA) is 46.2 Å². The van der Waals surface area contributed by atoms with E-state index in [1.165, 1.54) is 5.19 Å². The van der Waals surface area contributed by atoms with Gasteiger partial charge in [0.25, 0.3) is 0 Å². The summed E-state index contributed by atoms with van der Waals surface area (Å²) in [6.45, 7) is 6.36. The van der Waals surface area contributed by atoms with Gasteiger partial charge in [0.2, 0.25) is 10.0 Å². The van der Waals surface area contributed by atoms with E-state index >= 15 is 0 Å². The molecule has 0 amide bonds. The molecule has 0 aliphatic rings. The Kier molecular flexibility index (Phi) is 5.65. The highest BCUT2D eigenvalue weighted by Crippen LogP contribution is 2.27. The third kappa shape index (κ3) is 4.38. The molecule has 1 N–H and O–H groups in total. The summed E-state index contributed by atoms with van der Waals surface area (Å²) in [5, 5.41) is 1.21. The summed E-state index contributed by atoms with van der Waals surface area (Å²) in [6.07, 6.45) is 0. The molecule has 140 valence electrons. The molecule has 0 radical (unpaired) electrons. The van der Waals surface area contributed by atoms with Crippen molar-refractivity contribution in [1.82, 2.24) is 4.72 Å². The highest BCUT2D eigenvalue weighted by atomic mass is 32.2.